The van der Waals surface area contributed by atoms with E-state index in [-0.39, 0.29) is 0 Å². The van der Waals surface area contributed by atoms with Crippen molar-refractivity contribution >= 4 is 11.8 Å². The molecule has 4 nitrogen and oxygen atoms in total. The number of allylic oxidation sites excluding steroid dienone is 1. The quantitative estimate of drug-likeness (QED) is 0.256. The van der Waals surface area contributed by atoms with Gasteiger partial charge in [0.25, 0.3) is 5.78 Å². The zero-order valence-corrected chi connectivity index (χ0v) is 6.71. The highest BCUT2D eigenvalue weighted by Gasteiger charge is 2.10. The second-order valence-electron chi connectivity index (χ2n) is 1.81. The number of esters is 1. The third-order valence-corrected chi connectivity index (χ3v) is 1.04. The lowest BCUT2D eigenvalue weighted by molar-refractivity contribution is -0.149. The van der Waals surface area contributed by atoms with Gasteiger partial charge in [-0.2, -0.15) is 0 Å². The number of ketones is 1. The normalized spacial score (nSPS) is 10.6. The van der Waals surface area contributed by atoms with Crippen molar-refractivity contribution in [3.8, 4) is 0 Å². The van der Waals surface area contributed by atoms with Gasteiger partial charge < -0.3 is 9.47 Å². The predicted octanol–water partition coefficient (Wildman–Crippen LogP) is 0.279. The van der Waals surface area contributed by atoms with Crippen LogP contribution in [0.2, 0.25) is 0 Å². The highest BCUT2D eigenvalue weighted by atomic mass is 16.5. The molecule has 0 aliphatic heterocycles. The van der Waals surface area contributed by atoms with Gasteiger partial charge in [0, 0.05) is 6.08 Å². The summed E-state index contributed by atoms with van der Waals surface area (Å²) in [5.41, 5.74) is 0. The van der Waals surface area contributed by atoms with E-state index in [0.717, 1.165) is 13.2 Å². The van der Waals surface area contributed by atoms with Crippen LogP contribution in [0.5, 0.6) is 0 Å². The fraction of sp³-hybridized carbons (Fsp3) is 0.429. The van der Waals surface area contributed by atoms with Crippen molar-refractivity contribution in [3.05, 3.63) is 11.8 Å². The van der Waals surface area contributed by atoms with Gasteiger partial charge in [-0.3, -0.25) is 4.79 Å². The van der Waals surface area contributed by atoms with Gasteiger partial charge in [-0.25, -0.2) is 4.79 Å². The van der Waals surface area contributed by atoms with E-state index < -0.39 is 11.8 Å². The largest absolute Gasteiger partial charge is 0.501 e. The Hall–Kier alpha value is -1.32. The van der Waals surface area contributed by atoms with Crippen LogP contribution < -0.4 is 0 Å². The van der Waals surface area contributed by atoms with Crippen LogP contribution in [0.3, 0.4) is 0 Å². The monoisotopic (exact) mass is 158 g/mol. The molecule has 0 aromatic carbocycles. The molecule has 0 saturated carbocycles. The van der Waals surface area contributed by atoms with Crippen LogP contribution in [0.15, 0.2) is 11.8 Å². The van der Waals surface area contributed by atoms with Crippen LogP contribution in [0.25, 0.3) is 0 Å². The molecule has 0 radical (unpaired) electrons. The van der Waals surface area contributed by atoms with Gasteiger partial charge in [0.2, 0.25) is 0 Å². The maximum absolute atomic E-state index is 10.7. The first-order chi connectivity index (χ1) is 5.11. The fourth-order valence-corrected chi connectivity index (χ4v) is 0.403. The number of hydrogen-bond donors (Lipinski definition) is 0. The Kier molecular flexibility index (Phi) is 3.95. The Morgan fingerprint density at radius 1 is 1.18 bits per heavy atom. The first kappa shape index (κ1) is 9.68. The van der Waals surface area contributed by atoms with Gasteiger partial charge in [-0.1, -0.05) is 0 Å². The van der Waals surface area contributed by atoms with E-state index in [4.69, 9.17) is 0 Å². The third-order valence-electron chi connectivity index (χ3n) is 1.04. The second-order valence-corrected chi connectivity index (χ2v) is 1.81. The van der Waals surface area contributed by atoms with E-state index in [1.54, 1.807) is 6.92 Å². The average Bonchev–Trinajstić information content (AvgIpc) is 2.02. The molecule has 0 fully saturated rings. The maximum Gasteiger partial charge on any atom is 0.378 e. The molecule has 0 unspecified atom stereocenters. The molecule has 0 aromatic heterocycles. The molecule has 0 bridgehead atoms. The molecule has 62 valence electrons. The average molecular weight is 158 g/mol. The number of ether oxygens (including phenoxy) is 2. The standard InChI is InChI=1S/C7H10O4/c1-5(10-2)4-6(8)7(9)11-3/h4H,1-3H3/b5-4-. The van der Waals surface area contributed by atoms with Crippen LogP contribution in [0, 0.1) is 0 Å². The highest BCUT2D eigenvalue weighted by Crippen LogP contribution is 1.93. The molecule has 0 heterocycles. The molecule has 0 N–H and O–H groups in total. The van der Waals surface area contributed by atoms with Gasteiger partial charge in [0.05, 0.1) is 20.0 Å². The van der Waals surface area contributed by atoms with Crippen molar-refractivity contribution in [2.24, 2.45) is 0 Å². The molecule has 0 atom stereocenters. The van der Waals surface area contributed by atoms with Crippen LogP contribution in [-0.2, 0) is 19.1 Å². The topological polar surface area (TPSA) is 52.6 Å². The van der Waals surface area contributed by atoms with E-state index in [0.29, 0.717) is 5.76 Å². The minimum Gasteiger partial charge on any atom is -0.501 e. The second kappa shape index (κ2) is 4.49. The van der Waals surface area contributed by atoms with E-state index in [1.165, 1.54) is 7.11 Å². The van der Waals surface area contributed by atoms with Crippen molar-refractivity contribution < 1.29 is 19.1 Å². The number of rotatable bonds is 3. The van der Waals surface area contributed by atoms with E-state index >= 15 is 0 Å². The first-order valence-electron chi connectivity index (χ1n) is 2.96. The van der Waals surface area contributed by atoms with Crippen molar-refractivity contribution in [2.45, 2.75) is 6.92 Å². The highest BCUT2D eigenvalue weighted by molar-refractivity contribution is 6.38. The predicted molar refractivity (Wildman–Crippen MR) is 37.8 cm³/mol. The van der Waals surface area contributed by atoms with Gasteiger partial charge in [-0.15, -0.1) is 0 Å². The van der Waals surface area contributed by atoms with Crippen molar-refractivity contribution in [2.75, 3.05) is 14.2 Å². The van der Waals surface area contributed by atoms with Crippen molar-refractivity contribution in [1.82, 2.24) is 0 Å². The summed E-state index contributed by atoms with van der Waals surface area (Å²) in [4.78, 5) is 21.2. The summed E-state index contributed by atoms with van der Waals surface area (Å²) < 4.78 is 8.82. The third kappa shape index (κ3) is 3.40. The summed E-state index contributed by atoms with van der Waals surface area (Å²) in [5, 5.41) is 0. The van der Waals surface area contributed by atoms with Gasteiger partial charge >= 0.3 is 5.97 Å². The summed E-state index contributed by atoms with van der Waals surface area (Å²) in [6.45, 7) is 1.57. The molecule has 0 rings (SSSR count). The summed E-state index contributed by atoms with van der Waals surface area (Å²) >= 11 is 0. The molecule has 0 saturated heterocycles. The maximum atomic E-state index is 10.7. The molecule has 4 heteroatoms. The van der Waals surface area contributed by atoms with Crippen LogP contribution >= 0.6 is 0 Å². The lowest BCUT2D eigenvalue weighted by Gasteiger charge is -1.96. The minimum absolute atomic E-state index is 0.375. The van der Waals surface area contributed by atoms with Crippen molar-refractivity contribution in [3.63, 3.8) is 0 Å². The molecule has 0 amide bonds. The zero-order valence-electron chi connectivity index (χ0n) is 6.71. The Labute approximate surface area is 64.8 Å². The Balaban J connectivity index is 4.17. The molecular weight excluding hydrogens is 148 g/mol. The molecular formula is C7H10O4. The van der Waals surface area contributed by atoms with E-state index in [1.807, 2.05) is 0 Å². The minimum atomic E-state index is -0.888. The van der Waals surface area contributed by atoms with Crippen LogP contribution in [-0.4, -0.2) is 26.0 Å². The molecule has 0 spiro atoms. The Morgan fingerprint density at radius 2 is 1.73 bits per heavy atom. The number of methoxy groups -OCH3 is 2. The van der Waals surface area contributed by atoms with Gasteiger partial charge in [0.15, 0.2) is 0 Å². The van der Waals surface area contributed by atoms with E-state index in [2.05, 4.69) is 9.47 Å². The number of carbonyl (C=O) groups is 2. The number of carbonyl (C=O) groups excluding carboxylic acids is 2. The Morgan fingerprint density at radius 3 is 2.09 bits per heavy atom. The summed E-state index contributed by atoms with van der Waals surface area (Å²) in [6.07, 6.45) is 1.08. The molecule has 11 heavy (non-hydrogen) atoms. The Bertz CT molecular complexity index is 193. The van der Waals surface area contributed by atoms with Crippen LogP contribution in [0.1, 0.15) is 6.92 Å². The lowest BCUT2D eigenvalue weighted by atomic mass is 10.3. The summed E-state index contributed by atoms with van der Waals surface area (Å²) in [7, 11) is 2.56. The van der Waals surface area contributed by atoms with Crippen LogP contribution in [0.4, 0.5) is 0 Å². The SMILES string of the molecule is COC(=O)C(=O)/C=C(/C)OC. The smallest absolute Gasteiger partial charge is 0.378 e. The summed E-state index contributed by atoms with van der Waals surface area (Å²) in [6, 6.07) is 0. The lowest BCUT2D eigenvalue weighted by Crippen LogP contribution is -2.13. The zero-order chi connectivity index (χ0) is 8.85. The van der Waals surface area contributed by atoms with Gasteiger partial charge in [-0.05, 0) is 6.92 Å². The molecule has 0 aliphatic rings. The number of hydrogen-bond acceptors (Lipinski definition) is 4. The fourth-order valence-electron chi connectivity index (χ4n) is 0.403. The van der Waals surface area contributed by atoms with E-state index in [9.17, 15) is 9.59 Å². The van der Waals surface area contributed by atoms with Crippen molar-refractivity contribution in [1.29, 1.82) is 0 Å². The summed E-state index contributed by atoms with van der Waals surface area (Å²) in [5.74, 6) is -1.23. The van der Waals surface area contributed by atoms with Gasteiger partial charge in [0.1, 0.15) is 0 Å². The molecule has 0 aromatic rings. The first-order valence-corrected chi connectivity index (χ1v) is 2.96. The molecule has 0 aliphatic carbocycles.